The molecule has 13 heavy (non-hydrogen) atoms. The second-order valence-corrected chi connectivity index (χ2v) is 4.45. The molecule has 0 amide bonds. The van der Waals surface area contributed by atoms with Crippen LogP contribution >= 0.6 is 0 Å². The molecule has 0 saturated heterocycles. The Kier molecular flexibility index (Phi) is 2.88. The number of hydrogen-bond donors (Lipinski definition) is 1. The maximum absolute atomic E-state index is 12.0. The van der Waals surface area contributed by atoms with Crippen molar-refractivity contribution in [3.8, 4) is 0 Å². The molecule has 1 atom stereocenters. The number of halogens is 2. The van der Waals surface area contributed by atoms with Crippen LogP contribution in [0.2, 0.25) is 0 Å². The molecule has 1 aliphatic carbocycles. The lowest BCUT2D eigenvalue weighted by Crippen LogP contribution is -2.36. The lowest BCUT2D eigenvalue weighted by Gasteiger charge is -2.35. The van der Waals surface area contributed by atoms with E-state index in [1.54, 1.807) is 0 Å². The Morgan fingerprint density at radius 3 is 2.31 bits per heavy atom. The summed E-state index contributed by atoms with van der Waals surface area (Å²) in [6.07, 6.45) is -0.524. The first-order chi connectivity index (χ1) is 5.91. The Balaban J connectivity index is 2.27. The minimum absolute atomic E-state index is 0.314. The summed E-state index contributed by atoms with van der Waals surface area (Å²) in [5.74, 6) is 0. The molecule has 0 aromatic carbocycles. The number of alkyl halides is 2. The normalized spacial score (nSPS) is 22.5. The smallest absolute Gasteiger partial charge is 0.259 e. The van der Waals surface area contributed by atoms with E-state index in [9.17, 15) is 8.78 Å². The van der Waals surface area contributed by atoms with Crippen LogP contribution < -0.4 is 5.43 Å². The zero-order chi connectivity index (χ0) is 10.1. The van der Waals surface area contributed by atoms with Crippen LogP contribution in [0.1, 0.15) is 33.6 Å². The van der Waals surface area contributed by atoms with Crippen molar-refractivity contribution in [3.63, 3.8) is 0 Å². The molecule has 2 nitrogen and oxygen atoms in total. The predicted octanol–water partition coefficient (Wildman–Crippen LogP) is 2.41. The van der Waals surface area contributed by atoms with Crippen molar-refractivity contribution in [1.82, 2.24) is 5.43 Å². The van der Waals surface area contributed by atoms with E-state index in [0.717, 1.165) is 18.6 Å². The van der Waals surface area contributed by atoms with E-state index in [0.29, 0.717) is 5.41 Å². The van der Waals surface area contributed by atoms with Crippen molar-refractivity contribution in [3.05, 3.63) is 0 Å². The summed E-state index contributed by atoms with van der Waals surface area (Å²) in [5.41, 5.74) is 3.77. The van der Waals surface area contributed by atoms with Gasteiger partial charge in [-0.3, -0.25) is 0 Å². The zero-order valence-corrected chi connectivity index (χ0v) is 8.27. The summed E-state index contributed by atoms with van der Waals surface area (Å²) in [7, 11) is 0. The van der Waals surface area contributed by atoms with Gasteiger partial charge in [-0.15, -0.1) is 0 Å². The average molecular weight is 190 g/mol. The minimum atomic E-state index is -2.35. The van der Waals surface area contributed by atoms with Crippen molar-refractivity contribution >= 4 is 5.71 Å². The van der Waals surface area contributed by atoms with E-state index >= 15 is 0 Å². The quantitative estimate of drug-likeness (QED) is 0.679. The lowest BCUT2D eigenvalue weighted by atomic mass is 9.71. The standard InChI is InChI=1S/C9H16F2N2/c1-6(8(10)11)12-13-7-4-9(2,3)5-7/h6,8,12H,4-5H2,1-3H3. The Morgan fingerprint density at radius 2 is 1.92 bits per heavy atom. The number of rotatable bonds is 3. The van der Waals surface area contributed by atoms with E-state index in [-0.39, 0.29) is 0 Å². The Morgan fingerprint density at radius 1 is 1.38 bits per heavy atom. The average Bonchev–Trinajstić information content (AvgIpc) is 1.95. The van der Waals surface area contributed by atoms with Crippen molar-refractivity contribution < 1.29 is 8.78 Å². The molecule has 76 valence electrons. The van der Waals surface area contributed by atoms with Crippen molar-refractivity contribution in [2.75, 3.05) is 0 Å². The van der Waals surface area contributed by atoms with Gasteiger partial charge in [-0.25, -0.2) is 8.78 Å². The van der Waals surface area contributed by atoms with Crippen LogP contribution in [0.3, 0.4) is 0 Å². The van der Waals surface area contributed by atoms with E-state index < -0.39 is 12.5 Å². The molecule has 1 rings (SSSR count). The van der Waals surface area contributed by atoms with Gasteiger partial charge < -0.3 is 5.43 Å². The molecule has 0 heterocycles. The molecule has 1 unspecified atom stereocenters. The van der Waals surface area contributed by atoms with Crippen LogP contribution in [0.15, 0.2) is 5.10 Å². The molecule has 4 heteroatoms. The van der Waals surface area contributed by atoms with Gasteiger partial charge in [-0.1, -0.05) is 13.8 Å². The van der Waals surface area contributed by atoms with Crippen LogP contribution in [0, 0.1) is 5.41 Å². The third-order valence-corrected chi connectivity index (χ3v) is 2.17. The SMILES string of the molecule is CC(NN=C1CC(C)(C)C1)C(F)F. The Hall–Kier alpha value is -0.670. The van der Waals surface area contributed by atoms with Gasteiger partial charge in [0.05, 0.1) is 0 Å². The molecular formula is C9H16F2N2. The van der Waals surface area contributed by atoms with Gasteiger partial charge in [0.1, 0.15) is 6.04 Å². The number of nitrogens with zero attached hydrogens (tertiary/aromatic N) is 1. The van der Waals surface area contributed by atoms with Crippen LogP contribution in [-0.4, -0.2) is 18.2 Å². The van der Waals surface area contributed by atoms with Crippen molar-refractivity contribution in [1.29, 1.82) is 0 Å². The third-order valence-electron chi connectivity index (χ3n) is 2.17. The Labute approximate surface area is 77.4 Å². The molecule has 1 aliphatic rings. The summed E-state index contributed by atoms with van der Waals surface area (Å²) in [6.45, 7) is 5.71. The number of nitrogens with one attached hydrogen (secondary N) is 1. The lowest BCUT2D eigenvalue weighted by molar-refractivity contribution is 0.106. The first kappa shape index (κ1) is 10.4. The maximum Gasteiger partial charge on any atom is 0.259 e. The molecule has 1 N–H and O–H groups in total. The minimum Gasteiger partial charge on any atom is -0.302 e. The summed E-state index contributed by atoms with van der Waals surface area (Å²) in [4.78, 5) is 0. The summed E-state index contributed by atoms with van der Waals surface area (Å²) < 4.78 is 24.0. The van der Waals surface area contributed by atoms with Crippen LogP contribution in [0.5, 0.6) is 0 Å². The maximum atomic E-state index is 12.0. The predicted molar refractivity (Wildman–Crippen MR) is 49.1 cm³/mol. The molecular weight excluding hydrogens is 174 g/mol. The van der Waals surface area contributed by atoms with Crippen molar-refractivity contribution in [2.24, 2.45) is 10.5 Å². The van der Waals surface area contributed by atoms with Gasteiger partial charge in [-0.05, 0) is 25.2 Å². The van der Waals surface area contributed by atoms with Crippen LogP contribution in [0.4, 0.5) is 8.78 Å². The van der Waals surface area contributed by atoms with Gasteiger partial charge in [0.15, 0.2) is 0 Å². The molecule has 0 aromatic heterocycles. The fourth-order valence-corrected chi connectivity index (χ4v) is 1.38. The highest BCUT2D eigenvalue weighted by Gasteiger charge is 2.32. The first-order valence-electron chi connectivity index (χ1n) is 4.50. The zero-order valence-electron chi connectivity index (χ0n) is 8.27. The molecule has 0 aliphatic heterocycles. The van der Waals surface area contributed by atoms with Gasteiger partial charge in [0.2, 0.25) is 0 Å². The fourth-order valence-electron chi connectivity index (χ4n) is 1.38. The van der Waals surface area contributed by atoms with Gasteiger partial charge in [0, 0.05) is 5.71 Å². The summed E-state index contributed by atoms with van der Waals surface area (Å²) in [5, 5.41) is 3.93. The number of hydrazone groups is 1. The van der Waals surface area contributed by atoms with E-state index in [1.807, 2.05) is 0 Å². The second kappa shape index (κ2) is 3.60. The van der Waals surface area contributed by atoms with Gasteiger partial charge >= 0.3 is 0 Å². The summed E-state index contributed by atoms with van der Waals surface area (Å²) in [6, 6.07) is -0.851. The monoisotopic (exact) mass is 190 g/mol. The molecule has 0 spiro atoms. The molecule has 1 saturated carbocycles. The molecule has 0 bridgehead atoms. The summed E-state index contributed by atoms with van der Waals surface area (Å²) >= 11 is 0. The highest BCUT2D eigenvalue weighted by molar-refractivity contribution is 5.91. The first-order valence-corrected chi connectivity index (χ1v) is 4.50. The van der Waals surface area contributed by atoms with Crippen LogP contribution in [-0.2, 0) is 0 Å². The van der Waals surface area contributed by atoms with E-state index in [1.165, 1.54) is 6.92 Å². The third kappa shape index (κ3) is 2.94. The molecule has 0 aromatic rings. The highest BCUT2D eigenvalue weighted by Crippen LogP contribution is 2.37. The topological polar surface area (TPSA) is 24.4 Å². The molecule has 0 radical (unpaired) electrons. The van der Waals surface area contributed by atoms with Crippen LogP contribution in [0.25, 0.3) is 0 Å². The van der Waals surface area contributed by atoms with E-state index in [2.05, 4.69) is 24.4 Å². The fraction of sp³-hybridized carbons (Fsp3) is 0.889. The Bertz CT molecular complexity index is 202. The van der Waals surface area contributed by atoms with E-state index in [4.69, 9.17) is 0 Å². The second-order valence-electron chi connectivity index (χ2n) is 4.45. The largest absolute Gasteiger partial charge is 0.302 e. The van der Waals surface area contributed by atoms with Gasteiger partial charge in [-0.2, -0.15) is 5.10 Å². The highest BCUT2D eigenvalue weighted by atomic mass is 19.3. The number of hydrogen-bond acceptors (Lipinski definition) is 2. The van der Waals surface area contributed by atoms with Crippen molar-refractivity contribution in [2.45, 2.75) is 46.1 Å². The molecule has 1 fully saturated rings. The van der Waals surface area contributed by atoms with Gasteiger partial charge in [0.25, 0.3) is 6.43 Å².